The molecule has 0 radical (unpaired) electrons. The fraction of sp³-hybridized carbons (Fsp3) is 0.929. The van der Waals surface area contributed by atoms with Gasteiger partial charge in [-0.3, -0.25) is 0 Å². The number of nitriles is 1. The largest absolute Gasteiger partial charge is 0.303 e. The van der Waals surface area contributed by atoms with Crippen LogP contribution in [-0.2, 0) is 0 Å². The van der Waals surface area contributed by atoms with Crippen molar-refractivity contribution in [1.82, 2.24) is 4.90 Å². The summed E-state index contributed by atoms with van der Waals surface area (Å²) in [6, 6.07) is 2.38. The highest BCUT2D eigenvalue weighted by Gasteiger charge is 2.16. The molecule has 1 aliphatic rings. The number of likely N-dealkylation sites (tertiary alicyclic amines) is 1. The van der Waals surface area contributed by atoms with Crippen molar-refractivity contribution >= 4 is 0 Å². The van der Waals surface area contributed by atoms with Gasteiger partial charge in [0.25, 0.3) is 0 Å². The van der Waals surface area contributed by atoms with Gasteiger partial charge in [0, 0.05) is 0 Å². The van der Waals surface area contributed by atoms with Crippen molar-refractivity contribution < 1.29 is 0 Å². The lowest BCUT2D eigenvalue weighted by atomic mass is 9.89. The summed E-state index contributed by atoms with van der Waals surface area (Å²) in [5.74, 6) is 0. The SMILES string of the molecule is CC(C)(C#N)CCCCN1CCCCCC1. The lowest BCUT2D eigenvalue weighted by Crippen LogP contribution is -2.25. The highest BCUT2D eigenvalue weighted by Crippen LogP contribution is 2.21. The summed E-state index contributed by atoms with van der Waals surface area (Å²) in [5.41, 5.74) is -0.126. The van der Waals surface area contributed by atoms with Crippen molar-refractivity contribution in [3.63, 3.8) is 0 Å². The van der Waals surface area contributed by atoms with E-state index in [9.17, 15) is 0 Å². The number of rotatable bonds is 5. The number of nitrogens with zero attached hydrogens (tertiary/aromatic N) is 2. The van der Waals surface area contributed by atoms with Crippen molar-refractivity contribution in [3.8, 4) is 6.07 Å². The molecule has 2 heteroatoms. The lowest BCUT2D eigenvalue weighted by molar-refractivity contribution is 0.272. The minimum atomic E-state index is -0.126. The van der Waals surface area contributed by atoms with Crippen LogP contribution in [0.2, 0.25) is 0 Å². The molecule has 1 heterocycles. The molecule has 0 aliphatic carbocycles. The van der Waals surface area contributed by atoms with Crippen LogP contribution in [0, 0.1) is 16.7 Å². The summed E-state index contributed by atoms with van der Waals surface area (Å²) in [4.78, 5) is 2.60. The van der Waals surface area contributed by atoms with Crippen molar-refractivity contribution in [2.75, 3.05) is 19.6 Å². The minimum absolute atomic E-state index is 0.126. The Morgan fingerprint density at radius 3 is 2.25 bits per heavy atom. The van der Waals surface area contributed by atoms with Crippen LogP contribution in [0.15, 0.2) is 0 Å². The van der Waals surface area contributed by atoms with E-state index in [1.54, 1.807) is 0 Å². The van der Waals surface area contributed by atoms with Gasteiger partial charge in [0.2, 0.25) is 0 Å². The third-order valence-corrected chi connectivity index (χ3v) is 3.53. The van der Waals surface area contributed by atoms with Gasteiger partial charge >= 0.3 is 0 Å². The van der Waals surface area contributed by atoms with E-state index >= 15 is 0 Å². The Labute approximate surface area is 101 Å². The highest BCUT2D eigenvalue weighted by atomic mass is 15.1. The fourth-order valence-electron chi connectivity index (χ4n) is 2.32. The molecule has 1 saturated heterocycles. The van der Waals surface area contributed by atoms with E-state index in [2.05, 4.69) is 11.0 Å². The number of unbranched alkanes of at least 4 members (excludes halogenated alkanes) is 1. The average Bonchev–Trinajstić information content (AvgIpc) is 2.53. The summed E-state index contributed by atoms with van der Waals surface area (Å²) in [6.45, 7) is 7.91. The van der Waals surface area contributed by atoms with E-state index < -0.39 is 0 Å². The highest BCUT2D eigenvalue weighted by molar-refractivity contribution is 4.91. The van der Waals surface area contributed by atoms with Gasteiger partial charge in [0.1, 0.15) is 0 Å². The summed E-state index contributed by atoms with van der Waals surface area (Å²) >= 11 is 0. The Morgan fingerprint density at radius 2 is 1.69 bits per heavy atom. The van der Waals surface area contributed by atoms with Gasteiger partial charge < -0.3 is 4.90 Å². The fourth-order valence-corrected chi connectivity index (χ4v) is 2.32. The smallest absolute Gasteiger partial charge is 0.0683 e. The molecule has 1 fully saturated rings. The second-order valence-electron chi connectivity index (χ2n) is 5.71. The van der Waals surface area contributed by atoms with Crippen molar-refractivity contribution in [3.05, 3.63) is 0 Å². The van der Waals surface area contributed by atoms with Crippen LogP contribution in [0.25, 0.3) is 0 Å². The monoisotopic (exact) mass is 222 g/mol. The van der Waals surface area contributed by atoms with Crippen LogP contribution in [0.5, 0.6) is 0 Å². The zero-order chi connectivity index (χ0) is 11.9. The normalized spacial score (nSPS) is 19.1. The van der Waals surface area contributed by atoms with E-state index in [0.717, 1.165) is 6.42 Å². The molecule has 0 amide bonds. The van der Waals surface area contributed by atoms with Crippen LogP contribution < -0.4 is 0 Å². The second kappa shape index (κ2) is 6.91. The average molecular weight is 222 g/mol. The quantitative estimate of drug-likeness (QED) is 0.665. The molecule has 92 valence electrons. The molecular formula is C14H26N2. The molecule has 0 aromatic carbocycles. The van der Waals surface area contributed by atoms with Crippen LogP contribution in [0.3, 0.4) is 0 Å². The molecular weight excluding hydrogens is 196 g/mol. The standard InChI is InChI=1S/C14H26N2/c1-14(2,13-15)9-5-8-12-16-10-6-3-4-7-11-16/h3-12H2,1-2H3. The minimum Gasteiger partial charge on any atom is -0.303 e. The van der Waals surface area contributed by atoms with Gasteiger partial charge in [0.15, 0.2) is 0 Å². The zero-order valence-electron chi connectivity index (χ0n) is 11.0. The van der Waals surface area contributed by atoms with Crippen LogP contribution in [0.1, 0.15) is 58.8 Å². The number of hydrogen-bond donors (Lipinski definition) is 0. The first-order valence-corrected chi connectivity index (χ1v) is 6.78. The van der Waals surface area contributed by atoms with Gasteiger partial charge in [-0.25, -0.2) is 0 Å². The maximum absolute atomic E-state index is 8.92. The Hall–Kier alpha value is -0.550. The summed E-state index contributed by atoms with van der Waals surface area (Å²) in [5, 5.41) is 8.92. The molecule has 0 N–H and O–H groups in total. The Morgan fingerprint density at radius 1 is 1.06 bits per heavy atom. The molecule has 0 atom stereocenters. The molecule has 0 aromatic rings. The predicted octanol–water partition coefficient (Wildman–Crippen LogP) is 3.58. The summed E-state index contributed by atoms with van der Waals surface area (Å²) in [6.07, 6.45) is 9.07. The van der Waals surface area contributed by atoms with Crippen molar-refractivity contribution in [2.24, 2.45) is 5.41 Å². The first kappa shape index (κ1) is 13.5. The maximum Gasteiger partial charge on any atom is 0.0683 e. The molecule has 0 bridgehead atoms. The van der Waals surface area contributed by atoms with E-state index in [1.165, 1.54) is 58.2 Å². The Bertz CT molecular complexity index is 219. The van der Waals surface area contributed by atoms with Crippen molar-refractivity contribution in [1.29, 1.82) is 5.26 Å². The van der Waals surface area contributed by atoms with Crippen LogP contribution in [-0.4, -0.2) is 24.5 Å². The van der Waals surface area contributed by atoms with E-state index in [0.29, 0.717) is 0 Å². The summed E-state index contributed by atoms with van der Waals surface area (Å²) < 4.78 is 0. The second-order valence-corrected chi connectivity index (χ2v) is 5.71. The molecule has 16 heavy (non-hydrogen) atoms. The molecule has 0 spiro atoms. The molecule has 0 aromatic heterocycles. The van der Waals surface area contributed by atoms with Crippen LogP contribution in [0.4, 0.5) is 0 Å². The maximum atomic E-state index is 8.92. The van der Waals surface area contributed by atoms with E-state index in [-0.39, 0.29) is 5.41 Å². The third-order valence-electron chi connectivity index (χ3n) is 3.53. The van der Waals surface area contributed by atoms with Gasteiger partial charge in [-0.2, -0.15) is 5.26 Å². The van der Waals surface area contributed by atoms with Gasteiger partial charge in [-0.1, -0.05) is 19.3 Å². The van der Waals surface area contributed by atoms with Gasteiger partial charge in [-0.15, -0.1) is 0 Å². The van der Waals surface area contributed by atoms with E-state index in [4.69, 9.17) is 5.26 Å². The molecule has 0 unspecified atom stereocenters. The molecule has 1 rings (SSSR count). The topological polar surface area (TPSA) is 27.0 Å². The third kappa shape index (κ3) is 5.51. The predicted molar refractivity (Wildman–Crippen MR) is 68.2 cm³/mol. The Balaban J connectivity index is 2.08. The number of hydrogen-bond acceptors (Lipinski definition) is 2. The van der Waals surface area contributed by atoms with Crippen LogP contribution >= 0.6 is 0 Å². The molecule has 0 saturated carbocycles. The molecule has 2 nitrogen and oxygen atoms in total. The van der Waals surface area contributed by atoms with Crippen molar-refractivity contribution in [2.45, 2.75) is 58.8 Å². The van der Waals surface area contributed by atoms with E-state index in [1.807, 2.05) is 13.8 Å². The molecule has 1 aliphatic heterocycles. The Kier molecular flexibility index (Phi) is 5.84. The van der Waals surface area contributed by atoms with Gasteiger partial charge in [-0.05, 0) is 59.2 Å². The first-order chi connectivity index (χ1) is 7.64. The van der Waals surface area contributed by atoms with Gasteiger partial charge in [0.05, 0.1) is 11.5 Å². The lowest BCUT2D eigenvalue weighted by Gasteiger charge is -2.20. The summed E-state index contributed by atoms with van der Waals surface area (Å²) in [7, 11) is 0. The zero-order valence-corrected chi connectivity index (χ0v) is 11.0. The first-order valence-electron chi connectivity index (χ1n) is 6.78.